The summed E-state index contributed by atoms with van der Waals surface area (Å²) in [6, 6.07) is -1.83. The summed E-state index contributed by atoms with van der Waals surface area (Å²) in [5.74, 6) is -11.2. The largest absolute Gasteiger partial charge is 0.481 e. The second-order valence-electron chi connectivity index (χ2n) is 13.6. The van der Waals surface area contributed by atoms with Gasteiger partial charge in [0.1, 0.15) is 36.8 Å². The molecule has 0 radical (unpaired) electrons. The molecule has 0 unspecified atom stereocenters. The van der Waals surface area contributed by atoms with Gasteiger partial charge in [0.15, 0.2) is 0 Å². The average Bonchev–Trinajstić information content (AvgIpc) is 3.55. The number of aromatic amines is 1. The van der Waals surface area contributed by atoms with E-state index < -0.39 is 128 Å². The van der Waals surface area contributed by atoms with Gasteiger partial charge in [0.25, 0.3) is 0 Å². The van der Waals surface area contributed by atoms with E-state index in [0.717, 1.165) is 23.4 Å². The number of carbonyl (C=O) groups excluding carboxylic acids is 8. The van der Waals surface area contributed by atoms with Gasteiger partial charge in [-0.25, -0.2) is 0 Å². The van der Waals surface area contributed by atoms with Crippen LogP contribution in [0.5, 0.6) is 0 Å². The van der Waals surface area contributed by atoms with Gasteiger partial charge in [0.05, 0.1) is 32.0 Å². The van der Waals surface area contributed by atoms with E-state index in [0.29, 0.717) is 0 Å². The van der Waals surface area contributed by atoms with Gasteiger partial charge in [0.2, 0.25) is 47.3 Å². The number of primary amides is 1. The van der Waals surface area contributed by atoms with Crippen molar-refractivity contribution in [3.8, 4) is 0 Å². The van der Waals surface area contributed by atoms with Crippen LogP contribution in [-0.2, 0) is 54.4 Å². The maximum Gasteiger partial charge on any atom is 0.322 e. The van der Waals surface area contributed by atoms with Crippen molar-refractivity contribution >= 4 is 70.1 Å². The van der Waals surface area contributed by atoms with E-state index in [2.05, 4.69) is 42.2 Å². The van der Waals surface area contributed by atoms with Crippen LogP contribution in [0.4, 0.5) is 0 Å². The number of carboxylic acid groups (broad SMARTS) is 2. The van der Waals surface area contributed by atoms with E-state index in [1.165, 1.54) is 0 Å². The van der Waals surface area contributed by atoms with Gasteiger partial charge in [0, 0.05) is 17.1 Å². The molecule has 1 heterocycles. The first-order chi connectivity index (χ1) is 27.2. The zero-order valence-corrected chi connectivity index (χ0v) is 32.0. The quantitative estimate of drug-likeness (QED) is 0.0473. The third-order valence-corrected chi connectivity index (χ3v) is 8.26. The monoisotopic (exact) mass is 818 g/mol. The third-order valence-electron chi connectivity index (χ3n) is 8.26. The van der Waals surface area contributed by atoms with E-state index in [9.17, 15) is 58.2 Å². The molecule has 2 rings (SSSR count). The molecule has 1 aromatic heterocycles. The minimum absolute atomic E-state index is 0.0643. The van der Waals surface area contributed by atoms with E-state index in [4.69, 9.17) is 16.6 Å². The number of aromatic nitrogens is 1. The topological polar surface area (TPSA) is 383 Å². The fourth-order valence-electron chi connectivity index (χ4n) is 5.37. The van der Waals surface area contributed by atoms with Crippen LogP contribution in [-0.4, -0.2) is 135 Å². The number of hydrogen-bond donors (Lipinski definition) is 13. The molecule has 0 saturated carbocycles. The summed E-state index contributed by atoms with van der Waals surface area (Å²) >= 11 is 0. The molecule has 8 amide bonds. The van der Waals surface area contributed by atoms with Crippen LogP contribution in [0.3, 0.4) is 0 Å². The van der Waals surface area contributed by atoms with Crippen molar-refractivity contribution in [1.82, 2.24) is 42.2 Å². The number of benzene rings is 1. The molecule has 0 saturated heterocycles. The van der Waals surface area contributed by atoms with Gasteiger partial charge in [-0.15, -0.1) is 0 Å². The lowest BCUT2D eigenvalue weighted by atomic mass is 10.0. The molecule has 2 aromatic rings. The summed E-state index contributed by atoms with van der Waals surface area (Å²) < 4.78 is 0. The molecule has 0 bridgehead atoms. The number of aliphatic carboxylic acids is 2. The zero-order valence-electron chi connectivity index (χ0n) is 32.0. The molecule has 0 fully saturated rings. The normalized spacial score (nSPS) is 14.0. The molecule has 0 aliphatic rings. The first kappa shape index (κ1) is 47.5. The summed E-state index contributed by atoms with van der Waals surface area (Å²) in [7, 11) is 0. The number of fused-ring (bicyclic) bond motifs is 1. The molecule has 0 spiro atoms. The second-order valence-corrected chi connectivity index (χ2v) is 13.6. The van der Waals surface area contributed by atoms with Crippen molar-refractivity contribution in [3.63, 3.8) is 0 Å². The molecular weight excluding hydrogens is 768 g/mol. The number of aliphatic hydroxyl groups excluding tert-OH is 1. The number of nitrogens with one attached hydrogen (secondary N) is 8. The van der Waals surface area contributed by atoms with Crippen molar-refractivity contribution in [3.05, 3.63) is 36.0 Å². The molecule has 0 aliphatic heterocycles. The number of amides is 8. The van der Waals surface area contributed by atoms with Crippen molar-refractivity contribution in [2.24, 2.45) is 17.4 Å². The van der Waals surface area contributed by atoms with Crippen LogP contribution in [0.1, 0.15) is 45.6 Å². The minimum atomic E-state index is -1.90. The summed E-state index contributed by atoms with van der Waals surface area (Å²) in [5, 5.41) is 44.3. The molecule has 23 heteroatoms. The number of aliphatic hydroxyl groups is 1. The third kappa shape index (κ3) is 15.9. The Hall–Kier alpha value is -6.62. The van der Waals surface area contributed by atoms with Gasteiger partial charge in [-0.05, 0) is 37.3 Å². The van der Waals surface area contributed by atoms with Crippen molar-refractivity contribution in [1.29, 1.82) is 0 Å². The predicted octanol–water partition coefficient (Wildman–Crippen LogP) is -4.81. The zero-order chi connectivity index (χ0) is 43.7. The molecule has 58 heavy (non-hydrogen) atoms. The lowest BCUT2D eigenvalue weighted by Gasteiger charge is -2.25. The van der Waals surface area contributed by atoms with Gasteiger partial charge < -0.3 is 69.0 Å². The van der Waals surface area contributed by atoms with E-state index >= 15 is 0 Å². The number of carboxylic acids is 2. The first-order valence-electron chi connectivity index (χ1n) is 17.9. The highest BCUT2D eigenvalue weighted by Crippen LogP contribution is 2.18. The molecular formula is C35H50N10O13. The SMILES string of the molecule is CC(C)C[C@H](NC(=O)[C@H](CO)NC(=O)[C@H](C)NC(=O)[C@H](CC(=O)O)NC(=O)[C@H](CC(N)=O)NC(=O)CNC(=O)[C@@H](N)Cc1c[nH]c2ccccc12)C(=O)NCC(=O)O. The second kappa shape index (κ2) is 22.8. The van der Waals surface area contributed by atoms with Crippen LogP contribution in [0, 0.1) is 5.92 Å². The Labute approximate surface area is 331 Å². The molecule has 6 atom stereocenters. The predicted molar refractivity (Wildman–Crippen MR) is 202 cm³/mol. The highest BCUT2D eigenvalue weighted by Gasteiger charge is 2.33. The van der Waals surface area contributed by atoms with Crippen LogP contribution in [0.25, 0.3) is 10.9 Å². The minimum Gasteiger partial charge on any atom is -0.481 e. The number of para-hydroxylation sites is 1. The summed E-state index contributed by atoms with van der Waals surface area (Å²) in [6.45, 7) is 2.17. The summed E-state index contributed by atoms with van der Waals surface area (Å²) in [6.07, 6.45) is 0.0223. The highest BCUT2D eigenvalue weighted by atomic mass is 16.4. The van der Waals surface area contributed by atoms with E-state index in [1.807, 2.05) is 24.3 Å². The van der Waals surface area contributed by atoms with Gasteiger partial charge in [-0.1, -0.05) is 32.0 Å². The number of H-pyrrole nitrogens is 1. The first-order valence-corrected chi connectivity index (χ1v) is 17.9. The summed E-state index contributed by atoms with van der Waals surface area (Å²) in [5.41, 5.74) is 12.8. The lowest BCUT2D eigenvalue weighted by molar-refractivity contribution is -0.142. The standard InChI is InChI=1S/C35H50N10O13/c1-16(2)8-22(32(55)40-14-29(51)52)43-35(58)25(15-46)45-30(53)17(3)41-33(56)24(11-28(49)50)44-34(57)23(10-26(37)47)42-27(48)13-39-31(54)20(36)9-18-12-38-21-7-5-4-6-19(18)21/h4-7,12,16-17,20,22-25,38,46H,8-11,13-15,36H2,1-3H3,(H2,37,47)(H,39,54)(H,40,55)(H,41,56)(H,42,48)(H,43,58)(H,44,57)(H,45,53)(H,49,50)(H,51,52)/t17-,20-,22-,23-,24-,25-/m0/s1. The Morgan fingerprint density at radius 3 is 1.84 bits per heavy atom. The Morgan fingerprint density at radius 2 is 1.24 bits per heavy atom. The molecule has 0 aliphatic carbocycles. The van der Waals surface area contributed by atoms with Crippen molar-refractivity contribution in [2.45, 2.75) is 82.7 Å². The van der Waals surface area contributed by atoms with Crippen LogP contribution >= 0.6 is 0 Å². The van der Waals surface area contributed by atoms with Crippen LogP contribution in [0.15, 0.2) is 30.5 Å². The van der Waals surface area contributed by atoms with Gasteiger partial charge in [-0.2, -0.15) is 0 Å². The van der Waals surface area contributed by atoms with Gasteiger partial charge >= 0.3 is 11.9 Å². The highest BCUT2D eigenvalue weighted by molar-refractivity contribution is 5.99. The Kier molecular flexibility index (Phi) is 18.7. The van der Waals surface area contributed by atoms with Crippen molar-refractivity contribution < 1.29 is 63.3 Å². The van der Waals surface area contributed by atoms with E-state index in [-0.39, 0.29) is 18.8 Å². The Morgan fingerprint density at radius 1 is 0.672 bits per heavy atom. The van der Waals surface area contributed by atoms with Crippen LogP contribution in [0.2, 0.25) is 0 Å². The Balaban J connectivity index is 2.03. The fourth-order valence-corrected chi connectivity index (χ4v) is 5.37. The van der Waals surface area contributed by atoms with Crippen LogP contribution < -0.4 is 48.7 Å². The fraction of sp³-hybridized carbons (Fsp3) is 0.486. The Bertz CT molecular complexity index is 1850. The molecule has 15 N–H and O–H groups in total. The smallest absolute Gasteiger partial charge is 0.322 e. The molecule has 23 nitrogen and oxygen atoms in total. The maximum atomic E-state index is 13.2. The van der Waals surface area contributed by atoms with E-state index in [1.54, 1.807) is 20.0 Å². The molecule has 1 aromatic carbocycles. The number of carbonyl (C=O) groups is 10. The average molecular weight is 819 g/mol. The lowest BCUT2D eigenvalue weighted by Crippen LogP contribution is -2.60. The number of nitrogens with two attached hydrogens (primary N) is 2. The van der Waals surface area contributed by atoms with Gasteiger partial charge in [-0.3, -0.25) is 47.9 Å². The maximum absolute atomic E-state index is 13.2. The number of hydrogen-bond acceptors (Lipinski definition) is 12. The molecule has 318 valence electrons. The number of rotatable bonds is 24. The van der Waals surface area contributed by atoms with Crippen molar-refractivity contribution in [2.75, 3.05) is 19.7 Å². The summed E-state index contributed by atoms with van der Waals surface area (Å²) in [4.78, 5) is 127.